The summed E-state index contributed by atoms with van der Waals surface area (Å²) in [4.78, 5) is -0.341. The topological polar surface area (TPSA) is 63.4 Å². The minimum absolute atomic E-state index is 0.0331. The van der Waals surface area contributed by atoms with Gasteiger partial charge in [0.15, 0.2) is 0 Å². The first-order valence-electron chi connectivity index (χ1n) is 6.64. The van der Waals surface area contributed by atoms with E-state index < -0.39 is 15.8 Å². The van der Waals surface area contributed by atoms with Crippen molar-refractivity contribution in [2.24, 2.45) is 0 Å². The Morgan fingerprint density at radius 2 is 2.00 bits per heavy atom. The number of hydrogen-bond acceptors (Lipinski definition) is 3. The summed E-state index contributed by atoms with van der Waals surface area (Å²) in [6, 6.07) is 2.26. The first-order valence-corrected chi connectivity index (χ1v) is 8.87. The van der Waals surface area contributed by atoms with Gasteiger partial charge in [0.1, 0.15) is 10.7 Å². The maximum absolute atomic E-state index is 14.0. The lowest BCUT2D eigenvalue weighted by Crippen LogP contribution is -2.39. The molecular formula is C13H18BrFN2O2S. The van der Waals surface area contributed by atoms with Crippen LogP contribution in [0.2, 0.25) is 0 Å². The number of hydrogen-bond donors (Lipinski definition) is 1. The van der Waals surface area contributed by atoms with Crippen LogP contribution in [0, 0.1) is 5.82 Å². The summed E-state index contributed by atoms with van der Waals surface area (Å²) in [5.74, 6) is -0.775. The molecule has 1 aromatic carbocycles. The SMILES string of the molecule is CCN(C1CCCC1)S(=O)(=O)c1cc(N)c(Br)cc1F. The first-order chi connectivity index (χ1) is 9.37. The number of halogens is 2. The van der Waals surface area contributed by atoms with Gasteiger partial charge in [-0.15, -0.1) is 0 Å². The highest BCUT2D eigenvalue weighted by molar-refractivity contribution is 9.10. The van der Waals surface area contributed by atoms with Gasteiger partial charge in [-0.25, -0.2) is 12.8 Å². The molecule has 1 aliphatic rings. The molecule has 1 aromatic rings. The van der Waals surface area contributed by atoms with Crippen molar-refractivity contribution in [2.75, 3.05) is 12.3 Å². The van der Waals surface area contributed by atoms with Crippen molar-refractivity contribution in [1.82, 2.24) is 4.31 Å². The third kappa shape index (κ3) is 2.84. The van der Waals surface area contributed by atoms with E-state index >= 15 is 0 Å². The fourth-order valence-electron chi connectivity index (χ4n) is 2.69. The molecule has 0 bridgehead atoms. The number of nitrogens with zero attached hydrogens (tertiary/aromatic N) is 1. The Labute approximate surface area is 127 Å². The van der Waals surface area contributed by atoms with Crippen LogP contribution in [0.15, 0.2) is 21.5 Å². The van der Waals surface area contributed by atoms with Crippen molar-refractivity contribution in [2.45, 2.75) is 43.5 Å². The zero-order chi connectivity index (χ0) is 14.9. The van der Waals surface area contributed by atoms with E-state index in [-0.39, 0.29) is 16.6 Å². The van der Waals surface area contributed by atoms with Crippen molar-refractivity contribution in [3.63, 3.8) is 0 Å². The second-order valence-electron chi connectivity index (χ2n) is 4.95. The van der Waals surface area contributed by atoms with Crippen molar-refractivity contribution in [3.8, 4) is 0 Å². The summed E-state index contributed by atoms with van der Waals surface area (Å²) in [6.07, 6.45) is 3.70. The van der Waals surface area contributed by atoms with Crippen molar-refractivity contribution in [1.29, 1.82) is 0 Å². The van der Waals surface area contributed by atoms with Gasteiger partial charge < -0.3 is 5.73 Å². The second kappa shape index (κ2) is 5.99. The smallest absolute Gasteiger partial charge is 0.246 e. The molecule has 112 valence electrons. The van der Waals surface area contributed by atoms with E-state index in [1.165, 1.54) is 10.4 Å². The summed E-state index contributed by atoms with van der Waals surface area (Å²) in [7, 11) is -3.85. The van der Waals surface area contributed by atoms with Gasteiger partial charge >= 0.3 is 0 Å². The average Bonchev–Trinajstić information content (AvgIpc) is 2.87. The van der Waals surface area contributed by atoms with Crippen molar-refractivity contribution >= 4 is 31.6 Å². The molecule has 1 aliphatic carbocycles. The molecular weight excluding hydrogens is 347 g/mol. The quantitative estimate of drug-likeness (QED) is 0.834. The molecule has 1 fully saturated rings. The molecule has 0 aromatic heterocycles. The molecule has 0 spiro atoms. The van der Waals surface area contributed by atoms with E-state index in [0.29, 0.717) is 11.0 Å². The van der Waals surface area contributed by atoms with Crippen LogP contribution in [-0.2, 0) is 10.0 Å². The highest BCUT2D eigenvalue weighted by Gasteiger charge is 2.34. The Morgan fingerprint density at radius 3 is 2.55 bits per heavy atom. The Balaban J connectivity index is 2.45. The van der Waals surface area contributed by atoms with Gasteiger partial charge in [0, 0.05) is 22.7 Å². The van der Waals surface area contributed by atoms with Crippen LogP contribution < -0.4 is 5.73 Å². The Bertz CT molecular complexity index is 601. The largest absolute Gasteiger partial charge is 0.398 e. The summed E-state index contributed by atoms with van der Waals surface area (Å²) in [5, 5.41) is 0. The minimum Gasteiger partial charge on any atom is -0.398 e. The predicted molar refractivity (Wildman–Crippen MR) is 80.3 cm³/mol. The van der Waals surface area contributed by atoms with E-state index in [2.05, 4.69) is 15.9 Å². The van der Waals surface area contributed by atoms with Crippen molar-refractivity contribution in [3.05, 3.63) is 22.4 Å². The lowest BCUT2D eigenvalue weighted by molar-refractivity contribution is 0.334. The standard InChI is InChI=1S/C13H18BrFN2O2S/c1-2-17(9-5-3-4-6-9)20(18,19)13-8-12(16)10(14)7-11(13)15/h7-9H,2-6,16H2,1H3. The van der Waals surface area contributed by atoms with Gasteiger partial charge in [0.2, 0.25) is 10.0 Å². The van der Waals surface area contributed by atoms with Crippen LogP contribution in [0.5, 0.6) is 0 Å². The van der Waals surface area contributed by atoms with Crippen LogP contribution in [0.1, 0.15) is 32.6 Å². The lowest BCUT2D eigenvalue weighted by Gasteiger charge is -2.27. The molecule has 2 rings (SSSR count). The maximum atomic E-state index is 14.0. The van der Waals surface area contributed by atoms with E-state index in [9.17, 15) is 12.8 Å². The Morgan fingerprint density at radius 1 is 1.40 bits per heavy atom. The highest BCUT2D eigenvalue weighted by Crippen LogP contribution is 2.32. The molecule has 0 amide bonds. The molecule has 2 N–H and O–H groups in total. The van der Waals surface area contributed by atoms with Crippen LogP contribution in [-0.4, -0.2) is 25.3 Å². The first kappa shape index (κ1) is 15.7. The number of sulfonamides is 1. The number of nitrogens with two attached hydrogens (primary N) is 1. The maximum Gasteiger partial charge on any atom is 0.246 e. The molecule has 0 saturated heterocycles. The Kier molecular flexibility index (Phi) is 4.71. The van der Waals surface area contributed by atoms with Crippen molar-refractivity contribution < 1.29 is 12.8 Å². The highest BCUT2D eigenvalue weighted by atomic mass is 79.9. The van der Waals surface area contributed by atoms with Gasteiger partial charge in [0.05, 0.1) is 0 Å². The monoisotopic (exact) mass is 364 g/mol. The number of rotatable bonds is 4. The van der Waals surface area contributed by atoms with Gasteiger partial charge in [-0.05, 0) is 40.9 Å². The Hall–Kier alpha value is -0.660. The van der Waals surface area contributed by atoms with Crippen LogP contribution in [0.25, 0.3) is 0 Å². The van der Waals surface area contributed by atoms with Crippen LogP contribution >= 0.6 is 15.9 Å². The summed E-state index contributed by atoms with van der Waals surface area (Å²) >= 11 is 3.09. The lowest BCUT2D eigenvalue weighted by atomic mass is 10.2. The molecule has 0 radical (unpaired) electrons. The van der Waals surface area contributed by atoms with Gasteiger partial charge in [-0.1, -0.05) is 19.8 Å². The number of anilines is 1. The molecule has 4 nitrogen and oxygen atoms in total. The summed E-state index contributed by atoms with van der Waals surface area (Å²) in [6.45, 7) is 2.11. The summed E-state index contributed by atoms with van der Waals surface area (Å²) in [5.41, 5.74) is 5.90. The fourth-order valence-corrected chi connectivity index (χ4v) is 4.78. The average molecular weight is 365 g/mol. The van der Waals surface area contributed by atoms with Crippen LogP contribution in [0.3, 0.4) is 0 Å². The minimum atomic E-state index is -3.85. The zero-order valence-corrected chi connectivity index (χ0v) is 13.7. The third-order valence-corrected chi connectivity index (χ3v) is 6.41. The second-order valence-corrected chi connectivity index (χ2v) is 7.66. The van der Waals surface area contributed by atoms with E-state index in [1.54, 1.807) is 6.92 Å². The van der Waals surface area contributed by atoms with Gasteiger partial charge in [0.25, 0.3) is 0 Å². The van der Waals surface area contributed by atoms with Gasteiger partial charge in [-0.3, -0.25) is 0 Å². The normalized spacial score (nSPS) is 17.0. The molecule has 0 atom stereocenters. The van der Waals surface area contributed by atoms with E-state index in [1.807, 2.05) is 0 Å². The molecule has 0 aliphatic heterocycles. The van der Waals surface area contributed by atoms with E-state index in [0.717, 1.165) is 31.7 Å². The summed E-state index contributed by atoms with van der Waals surface area (Å²) < 4.78 is 41.1. The van der Waals surface area contributed by atoms with Crippen LogP contribution in [0.4, 0.5) is 10.1 Å². The third-order valence-electron chi connectivity index (χ3n) is 3.68. The molecule has 1 saturated carbocycles. The fraction of sp³-hybridized carbons (Fsp3) is 0.538. The molecule has 7 heteroatoms. The zero-order valence-electron chi connectivity index (χ0n) is 11.3. The molecule has 0 unspecified atom stereocenters. The molecule has 0 heterocycles. The number of benzene rings is 1. The predicted octanol–water partition coefficient (Wildman–Crippen LogP) is 3.12. The molecule has 20 heavy (non-hydrogen) atoms. The number of nitrogen functional groups attached to an aromatic ring is 1. The van der Waals surface area contributed by atoms with Gasteiger partial charge in [-0.2, -0.15) is 4.31 Å². The van der Waals surface area contributed by atoms with E-state index in [4.69, 9.17) is 5.73 Å².